The second-order valence-electron chi connectivity index (χ2n) is 15.3. The van der Waals surface area contributed by atoms with Crippen molar-refractivity contribution in [2.24, 2.45) is 0 Å². The molecule has 2 nitrogen and oxygen atoms in total. The normalized spacial score (nSPS) is 14.8. The first-order valence-corrected chi connectivity index (χ1v) is 18.0. The van der Waals surface area contributed by atoms with Gasteiger partial charge >= 0.3 is 0 Å². The SMILES string of the molecule is [2H]c1cc2c3c(cc4c([2H])cc5c6c(cc1c3c46)B1c3ccccc3Oc3cc(C(C)C)cc-5c31)B1c3ccccc3Oc3cc(C(C)C)cc-2c31. The van der Waals surface area contributed by atoms with Crippen molar-refractivity contribution in [1.82, 2.24) is 0 Å². The molecule has 4 heterocycles. The lowest BCUT2D eigenvalue weighted by Crippen LogP contribution is -2.58. The van der Waals surface area contributed by atoms with Crippen molar-refractivity contribution in [3.05, 3.63) is 120 Å². The lowest BCUT2D eigenvalue weighted by molar-refractivity contribution is 0.486. The fourth-order valence-corrected chi connectivity index (χ4v) is 9.80. The van der Waals surface area contributed by atoms with Gasteiger partial charge in [0.15, 0.2) is 0 Å². The molecule has 0 fully saturated rings. The van der Waals surface area contributed by atoms with Gasteiger partial charge < -0.3 is 9.47 Å². The molecule has 0 radical (unpaired) electrons. The summed E-state index contributed by atoms with van der Waals surface area (Å²) in [5.41, 5.74) is 14.0. The first kappa shape index (κ1) is 25.5. The Labute approximate surface area is 295 Å². The van der Waals surface area contributed by atoms with Crippen molar-refractivity contribution >= 4 is 78.5 Å². The van der Waals surface area contributed by atoms with Crippen LogP contribution in [-0.4, -0.2) is 13.4 Å². The monoisotopic (exact) mass is 640 g/mol. The average Bonchev–Trinajstić information content (AvgIpc) is 3.14. The quantitative estimate of drug-likeness (QED) is 0.141. The largest absolute Gasteiger partial charge is 0.458 e. The van der Waals surface area contributed by atoms with Gasteiger partial charge in [0.05, 0.1) is 2.74 Å². The van der Waals surface area contributed by atoms with E-state index in [2.05, 4.69) is 125 Å². The summed E-state index contributed by atoms with van der Waals surface area (Å²) in [5, 5.41) is 6.52. The highest BCUT2D eigenvalue weighted by Gasteiger charge is 2.43. The summed E-state index contributed by atoms with van der Waals surface area (Å²) in [5.74, 6) is 4.20. The molecule has 8 aromatic rings. The maximum absolute atomic E-state index is 9.74. The molecule has 0 aromatic heterocycles. The molecule has 4 aliphatic rings. The Morgan fingerprint density at radius 1 is 0.460 bits per heavy atom. The number of rotatable bonds is 2. The van der Waals surface area contributed by atoms with E-state index in [1.807, 2.05) is 0 Å². The Bertz CT molecular complexity index is 2760. The number of hydrogen-bond acceptors (Lipinski definition) is 2. The highest BCUT2D eigenvalue weighted by Crippen LogP contribution is 2.47. The zero-order chi connectivity index (χ0) is 34.9. The van der Waals surface area contributed by atoms with Gasteiger partial charge in [0, 0.05) is 0 Å². The second kappa shape index (κ2) is 9.20. The highest BCUT2D eigenvalue weighted by atomic mass is 16.5. The predicted octanol–water partition coefficient (Wildman–Crippen LogP) is 8.04. The fourth-order valence-electron chi connectivity index (χ4n) is 9.80. The van der Waals surface area contributed by atoms with Crippen LogP contribution >= 0.6 is 0 Å². The number of para-hydroxylation sites is 2. The summed E-state index contributed by atoms with van der Waals surface area (Å²) in [7, 11) is 0. The van der Waals surface area contributed by atoms with Crippen LogP contribution in [0.5, 0.6) is 23.0 Å². The number of benzene rings is 8. The van der Waals surface area contributed by atoms with Crippen LogP contribution in [0, 0.1) is 0 Å². The Morgan fingerprint density at radius 2 is 0.900 bits per heavy atom. The van der Waals surface area contributed by atoms with Crippen LogP contribution in [0.4, 0.5) is 0 Å². The fraction of sp³-hybridized carbons (Fsp3) is 0.130. The molecular formula is C46H32B2O2. The molecule has 0 saturated heterocycles. The molecule has 4 heteroatoms. The van der Waals surface area contributed by atoms with Crippen LogP contribution < -0.4 is 42.3 Å². The summed E-state index contributed by atoms with van der Waals surface area (Å²) >= 11 is 0. The summed E-state index contributed by atoms with van der Waals surface area (Å²) in [4.78, 5) is 0. The Hall–Kier alpha value is -5.47. The minimum atomic E-state index is -0.0439. The van der Waals surface area contributed by atoms with Crippen LogP contribution in [-0.2, 0) is 0 Å². The van der Waals surface area contributed by atoms with E-state index in [1.165, 1.54) is 43.8 Å². The van der Waals surface area contributed by atoms with Gasteiger partial charge in [-0.05, 0) is 124 Å². The Balaban J connectivity index is 1.29. The van der Waals surface area contributed by atoms with E-state index < -0.39 is 0 Å². The van der Waals surface area contributed by atoms with Gasteiger partial charge in [-0.15, -0.1) is 0 Å². The van der Waals surface area contributed by atoms with E-state index in [0.29, 0.717) is 23.9 Å². The third-order valence-corrected chi connectivity index (χ3v) is 12.1. The maximum atomic E-state index is 9.74. The minimum Gasteiger partial charge on any atom is -0.458 e. The maximum Gasteiger partial charge on any atom is 0.252 e. The van der Waals surface area contributed by atoms with E-state index >= 15 is 0 Å². The molecule has 50 heavy (non-hydrogen) atoms. The van der Waals surface area contributed by atoms with Gasteiger partial charge in [-0.25, -0.2) is 0 Å². The molecule has 8 aromatic carbocycles. The summed E-state index contributed by atoms with van der Waals surface area (Å²) in [6, 6.07) is 35.9. The Morgan fingerprint density at radius 3 is 1.34 bits per heavy atom. The van der Waals surface area contributed by atoms with Gasteiger partial charge in [-0.1, -0.05) is 124 Å². The van der Waals surface area contributed by atoms with E-state index in [1.54, 1.807) is 0 Å². The second-order valence-corrected chi connectivity index (χ2v) is 15.3. The van der Waals surface area contributed by atoms with Gasteiger partial charge in [-0.2, -0.15) is 0 Å². The lowest BCUT2D eigenvalue weighted by atomic mass is 9.32. The van der Waals surface area contributed by atoms with Crippen LogP contribution in [0.15, 0.2) is 109 Å². The standard InChI is InChI=1S/C46H32B2O2/c1-23(2)27-17-31-29-15-13-25-20-36-44-30(32-18-28(24(3)4)22-40-46(32)48(36)34-10-6-8-12-38(34)50-40)16-14-26-19-35(43(29)41(25)42(26)44)47-33-9-5-7-11-37(33)49-39(21-27)45(31)47/h5-24H,1-4H3/i13D,14D. The van der Waals surface area contributed by atoms with Gasteiger partial charge in [0.2, 0.25) is 0 Å². The molecule has 12 rings (SSSR count). The molecule has 0 atom stereocenters. The molecule has 0 N–H and O–H groups in total. The average molecular weight is 640 g/mol. The van der Waals surface area contributed by atoms with Crippen molar-refractivity contribution in [2.45, 2.75) is 39.5 Å². The van der Waals surface area contributed by atoms with Crippen molar-refractivity contribution in [1.29, 1.82) is 0 Å². The summed E-state index contributed by atoms with van der Waals surface area (Å²) < 4.78 is 32.9. The molecule has 0 saturated carbocycles. The third-order valence-electron chi connectivity index (χ3n) is 12.1. The van der Waals surface area contributed by atoms with Gasteiger partial charge in [0.1, 0.15) is 23.0 Å². The van der Waals surface area contributed by atoms with Gasteiger partial charge in [-0.3, -0.25) is 0 Å². The third kappa shape index (κ3) is 3.24. The number of hydrogen-bond donors (Lipinski definition) is 0. The molecule has 0 amide bonds. The summed E-state index contributed by atoms with van der Waals surface area (Å²) in [6.45, 7) is 8.84. The Kier molecular flexibility index (Phi) is 4.69. The van der Waals surface area contributed by atoms with Crippen LogP contribution in [0.2, 0.25) is 0 Å². The van der Waals surface area contributed by atoms with Crippen molar-refractivity contribution in [2.75, 3.05) is 0 Å². The topological polar surface area (TPSA) is 18.5 Å². The summed E-state index contributed by atoms with van der Waals surface area (Å²) in [6.07, 6.45) is 0. The first-order valence-electron chi connectivity index (χ1n) is 19.0. The molecule has 0 unspecified atom stereocenters. The highest BCUT2D eigenvalue weighted by molar-refractivity contribution is 7.01. The molecule has 0 aliphatic carbocycles. The van der Waals surface area contributed by atoms with Crippen LogP contribution in [0.1, 0.15) is 53.4 Å². The molecule has 0 bridgehead atoms. The zero-order valence-corrected chi connectivity index (χ0v) is 28.4. The molecule has 4 aliphatic heterocycles. The molecule has 0 spiro atoms. The minimum absolute atomic E-state index is 0.0439. The van der Waals surface area contributed by atoms with Crippen LogP contribution in [0.3, 0.4) is 0 Å². The predicted molar refractivity (Wildman–Crippen MR) is 212 cm³/mol. The van der Waals surface area contributed by atoms with Crippen molar-refractivity contribution in [3.8, 4) is 45.3 Å². The van der Waals surface area contributed by atoms with Crippen molar-refractivity contribution in [3.63, 3.8) is 0 Å². The zero-order valence-electron chi connectivity index (χ0n) is 30.4. The van der Waals surface area contributed by atoms with Crippen molar-refractivity contribution < 1.29 is 12.2 Å². The van der Waals surface area contributed by atoms with E-state index in [0.717, 1.165) is 77.7 Å². The van der Waals surface area contributed by atoms with E-state index in [-0.39, 0.29) is 13.4 Å². The van der Waals surface area contributed by atoms with E-state index in [4.69, 9.17) is 9.47 Å². The van der Waals surface area contributed by atoms with E-state index in [9.17, 15) is 2.74 Å². The van der Waals surface area contributed by atoms with Crippen LogP contribution in [0.25, 0.3) is 54.6 Å². The lowest BCUT2D eigenvalue weighted by Gasteiger charge is -2.37. The smallest absolute Gasteiger partial charge is 0.252 e. The first-order chi connectivity index (χ1) is 25.3. The molecular weight excluding hydrogens is 606 g/mol. The molecule has 234 valence electrons. The van der Waals surface area contributed by atoms with Gasteiger partial charge in [0.25, 0.3) is 13.4 Å². The number of ether oxygens (including phenoxy) is 2. The number of fused-ring (bicyclic) bond motifs is 8.